The van der Waals surface area contributed by atoms with Crippen LogP contribution < -0.4 is 4.72 Å². The maximum atomic E-state index is 12.1. The van der Waals surface area contributed by atoms with Crippen molar-refractivity contribution < 1.29 is 22.7 Å². The van der Waals surface area contributed by atoms with E-state index in [0.717, 1.165) is 17.7 Å². The van der Waals surface area contributed by atoms with E-state index in [1.165, 1.54) is 0 Å². The Labute approximate surface area is 122 Å². The minimum absolute atomic E-state index is 0.261. The van der Waals surface area contributed by atoms with Crippen molar-refractivity contribution in [2.24, 2.45) is 0 Å². The van der Waals surface area contributed by atoms with Crippen molar-refractivity contribution in [1.82, 2.24) is 0 Å². The fraction of sp³-hybridized carbons (Fsp3) is 0.214. The normalized spacial score (nSPS) is 11.6. The average Bonchev–Trinajstić information content (AvgIpc) is 2.89. The first-order valence-electron chi connectivity index (χ1n) is 6.25. The highest BCUT2D eigenvalue weighted by atomic mass is 32.2. The molecule has 0 saturated carbocycles. The van der Waals surface area contributed by atoms with Gasteiger partial charge in [0.25, 0.3) is 10.0 Å². The van der Waals surface area contributed by atoms with E-state index in [1.807, 2.05) is 19.9 Å². The molecule has 0 aliphatic rings. The highest BCUT2D eigenvalue weighted by Gasteiger charge is 2.21. The zero-order valence-corrected chi connectivity index (χ0v) is 12.3. The number of benzene rings is 1. The van der Waals surface area contributed by atoms with Crippen molar-refractivity contribution in [3.63, 3.8) is 0 Å². The van der Waals surface area contributed by atoms with Gasteiger partial charge in [-0.15, -0.1) is 0 Å². The topological polar surface area (TPSA) is 96.6 Å². The maximum absolute atomic E-state index is 12.1. The van der Waals surface area contributed by atoms with E-state index >= 15 is 0 Å². The van der Waals surface area contributed by atoms with Crippen LogP contribution in [0.15, 0.2) is 45.9 Å². The third-order valence-corrected chi connectivity index (χ3v) is 4.12. The van der Waals surface area contributed by atoms with Gasteiger partial charge in [-0.05, 0) is 35.7 Å². The van der Waals surface area contributed by atoms with Crippen LogP contribution in [0, 0.1) is 0 Å². The number of carboxylic acid groups (broad SMARTS) is 1. The molecular weight excluding hydrogens is 294 g/mol. The fourth-order valence-corrected chi connectivity index (χ4v) is 2.73. The molecule has 0 radical (unpaired) electrons. The molecule has 6 nitrogen and oxygen atoms in total. The lowest BCUT2D eigenvalue weighted by Gasteiger charge is -2.09. The molecule has 0 saturated heterocycles. The summed E-state index contributed by atoms with van der Waals surface area (Å²) in [5.41, 5.74) is 1.38. The molecule has 1 aromatic carbocycles. The van der Waals surface area contributed by atoms with Crippen molar-refractivity contribution >= 4 is 21.7 Å². The first-order valence-corrected chi connectivity index (χ1v) is 7.74. The number of nitrogens with one attached hydrogen (secondary N) is 1. The Morgan fingerprint density at radius 2 is 1.95 bits per heavy atom. The number of hydrogen-bond donors (Lipinski definition) is 2. The van der Waals surface area contributed by atoms with Crippen LogP contribution in [-0.4, -0.2) is 19.5 Å². The van der Waals surface area contributed by atoms with Gasteiger partial charge < -0.3 is 9.52 Å². The summed E-state index contributed by atoms with van der Waals surface area (Å²) in [7, 11) is -3.95. The lowest BCUT2D eigenvalue weighted by molar-refractivity contribution is 0.0656. The second-order valence-electron chi connectivity index (χ2n) is 4.81. The fourth-order valence-electron chi connectivity index (χ4n) is 1.75. The van der Waals surface area contributed by atoms with Crippen molar-refractivity contribution in [2.75, 3.05) is 4.72 Å². The summed E-state index contributed by atoms with van der Waals surface area (Å²) < 4.78 is 31.4. The van der Waals surface area contributed by atoms with Gasteiger partial charge in [-0.25, -0.2) is 4.79 Å². The van der Waals surface area contributed by atoms with Crippen LogP contribution in [0.4, 0.5) is 5.69 Å². The van der Waals surface area contributed by atoms with Crippen LogP contribution in [0.25, 0.3) is 0 Å². The van der Waals surface area contributed by atoms with Crippen LogP contribution in [0.2, 0.25) is 0 Å². The molecule has 1 heterocycles. The van der Waals surface area contributed by atoms with Crippen molar-refractivity contribution in [2.45, 2.75) is 24.9 Å². The molecule has 0 bridgehead atoms. The van der Waals surface area contributed by atoms with Gasteiger partial charge in [0.1, 0.15) is 0 Å². The molecule has 0 spiro atoms. The number of carboxylic acids is 1. The summed E-state index contributed by atoms with van der Waals surface area (Å²) >= 11 is 0. The third-order valence-electron chi connectivity index (χ3n) is 2.86. The Hall–Kier alpha value is -2.28. The minimum atomic E-state index is -3.95. The molecule has 0 aliphatic heterocycles. The zero-order chi connectivity index (χ0) is 15.6. The van der Waals surface area contributed by atoms with Gasteiger partial charge in [0, 0.05) is 5.69 Å². The Kier molecular flexibility index (Phi) is 4.04. The summed E-state index contributed by atoms with van der Waals surface area (Å²) in [6, 6.07) is 9.20. The quantitative estimate of drug-likeness (QED) is 0.885. The van der Waals surface area contributed by atoms with Crippen molar-refractivity contribution in [3.8, 4) is 0 Å². The first kappa shape index (κ1) is 15.1. The maximum Gasteiger partial charge on any atom is 0.371 e. The van der Waals surface area contributed by atoms with Gasteiger partial charge in [-0.1, -0.05) is 26.0 Å². The average molecular weight is 309 g/mol. The van der Waals surface area contributed by atoms with E-state index in [0.29, 0.717) is 5.69 Å². The second kappa shape index (κ2) is 5.61. The number of anilines is 1. The molecule has 112 valence electrons. The van der Waals surface area contributed by atoms with Gasteiger partial charge in [0.2, 0.25) is 10.9 Å². The van der Waals surface area contributed by atoms with E-state index in [9.17, 15) is 13.2 Å². The standard InChI is InChI=1S/C14H15NO5S/c1-9(2)10-4-3-5-11(8-10)15-21(18,19)13-7-6-12(20-13)14(16)17/h3-9,15H,1-2H3,(H,16,17). The summed E-state index contributed by atoms with van der Waals surface area (Å²) in [5, 5.41) is 8.31. The van der Waals surface area contributed by atoms with E-state index < -0.39 is 26.8 Å². The SMILES string of the molecule is CC(C)c1cccc(NS(=O)(=O)c2ccc(C(=O)O)o2)c1. The molecule has 0 amide bonds. The van der Waals surface area contributed by atoms with Crippen LogP contribution in [0.1, 0.15) is 35.9 Å². The molecule has 2 aromatic rings. The number of carbonyl (C=O) groups is 1. The Bertz CT molecular complexity index is 761. The van der Waals surface area contributed by atoms with E-state index in [1.54, 1.807) is 18.2 Å². The zero-order valence-electron chi connectivity index (χ0n) is 11.5. The van der Waals surface area contributed by atoms with Crippen LogP contribution in [-0.2, 0) is 10.0 Å². The van der Waals surface area contributed by atoms with Gasteiger partial charge in [0.05, 0.1) is 0 Å². The molecule has 2 N–H and O–H groups in total. The number of rotatable bonds is 5. The predicted molar refractivity (Wildman–Crippen MR) is 77.0 cm³/mol. The Morgan fingerprint density at radius 3 is 2.52 bits per heavy atom. The summed E-state index contributed by atoms with van der Waals surface area (Å²) in [6.45, 7) is 4.00. The highest BCUT2D eigenvalue weighted by Crippen LogP contribution is 2.22. The number of furan rings is 1. The van der Waals surface area contributed by atoms with Crippen LogP contribution in [0.3, 0.4) is 0 Å². The number of sulfonamides is 1. The second-order valence-corrected chi connectivity index (χ2v) is 6.42. The number of hydrogen-bond acceptors (Lipinski definition) is 4. The first-order chi connectivity index (χ1) is 9.79. The van der Waals surface area contributed by atoms with Crippen molar-refractivity contribution in [1.29, 1.82) is 0 Å². The third kappa shape index (κ3) is 3.43. The molecule has 0 aliphatic carbocycles. The largest absolute Gasteiger partial charge is 0.475 e. The molecule has 0 unspecified atom stereocenters. The molecule has 21 heavy (non-hydrogen) atoms. The minimum Gasteiger partial charge on any atom is -0.475 e. The van der Waals surface area contributed by atoms with E-state index in [4.69, 9.17) is 9.52 Å². The lowest BCUT2D eigenvalue weighted by Crippen LogP contribution is -2.12. The Balaban J connectivity index is 2.28. The van der Waals surface area contributed by atoms with Crippen molar-refractivity contribution in [3.05, 3.63) is 47.7 Å². The lowest BCUT2D eigenvalue weighted by atomic mass is 10.0. The summed E-state index contributed by atoms with van der Waals surface area (Å²) in [5.74, 6) is -1.48. The molecule has 0 fully saturated rings. The van der Waals surface area contributed by atoms with Gasteiger partial charge in [-0.3, -0.25) is 4.72 Å². The van der Waals surface area contributed by atoms with Gasteiger partial charge in [-0.2, -0.15) is 8.42 Å². The summed E-state index contributed by atoms with van der Waals surface area (Å²) in [6.07, 6.45) is 0. The summed E-state index contributed by atoms with van der Waals surface area (Å²) in [4.78, 5) is 10.7. The molecule has 0 atom stereocenters. The predicted octanol–water partition coefficient (Wildman–Crippen LogP) is 2.90. The molecule has 1 aromatic heterocycles. The highest BCUT2D eigenvalue weighted by molar-refractivity contribution is 7.92. The van der Waals surface area contributed by atoms with Gasteiger partial charge >= 0.3 is 5.97 Å². The Morgan fingerprint density at radius 1 is 1.24 bits per heavy atom. The van der Waals surface area contributed by atoms with Crippen LogP contribution in [0.5, 0.6) is 0 Å². The smallest absolute Gasteiger partial charge is 0.371 e. The number of aromatic carboxylic acids is 1. The van der Waals surface area contributed by atoms with E-state index in [-0.39, 0.29) is 5.92 Å². The molecule has 2 rings (SSSR count). The van der Waals surface area contributed by atoms with E-state index in [2.05, 4.69) is 4.72 Å². The molecular formula is C14H15NO5S. The van der Waals surface area contributed by atoms with Crippen LogP contribution >= 0.6 is 0 Å². The monoisotopic (exact) mass is 309 g/mol. The van der Waals surface area contributed by atoms with Gasteiger partial charge in [0.15, 0.2) is 0 Å². The molecule has 7 heteroatoms.